The van der Waals surface area contributed by atoms with Crippen molar-refractivity contribution in [3.8, 4) is 0 Å². The van der Waals surface area contributed by atoms with Gasteiger partial charge in [-0.1, -0.05) is 57.9 Å². The summed E-state index contributed by atoms with van der Waals surface area (Å²) < 4.78 is 14.6. The van der Waals surface area contributed by atoms with E-state index in [0.29, 0.717) is 6.42 Å². The molecule has 4 heteroatoms. The third-order valence-corrected chi connectivity index (χ3v) is 4.91. The SMILES string of the molecule is CNC(Cc1cccc(F)c1Cl)c1cccc(C)c1Br. The molecule has 1 nitrogen and oxygen atoms in total. The molecule has 0 fully saturated rings. The maximum absolute atomic E-state index is 13.5. The molecule has 0 radical (unpaired) electrons. The molecule has 0 aliphatic rings. The summed E-state index contributed by atoms with van der Waals surface area (Å²) in [4.78, 5) is 0. The Morgan fingerprint density at radius 1 is 1.25 bits per heavy atom. The summed E-state index contributed by atoms with van der Waals surface area (Å²) in [5.74, 6) is -0.373. The molecule has 0 aromatic heterocycles. The second kappa shape index (κ2) is 6.70. The van der Waals surface area contributed by atoms with E-state index in [1.165, 1.54) is 11.6 Å². The Labute approximate surface area is 132 Å². The van der Waals surface area contributed by atoms with E-state index in [4.69, 9.17) is 11.6 Å². The quantitative estimate of drug-likeness (QED) is 0.808. The van der Waals surface area contributed by atoms with Crippen molar-refractivity contribution in [1.82, 2.24) is 5.32 Å². The van der Waals surface area contributed by atoms with Crippen LogP contribution in [0.2, 0.25) is 5.02 Å². The summed E-state index contributed by atoms with van der Waals surface area (Å²) in [6.07, 6.45) is 0.634. The van der Waals surface area contributed by atoms with Gasteiger partial charge in [-0.3, -0.25) is 0 Å². The predicted molar refractivity (Wildman–Crippen MR) is 85.8 cm³/mol. The summed E-state index contributed by atoms with van der Waals surface area (Å²) in [6, 6.07) is 11.1. The summed E-state index contributed by atoms with van der Waals surface area (Å²) in [5.41, 5.74) is 3.13. The first-order chi connectivity index (χ1) is 9.54. The van der Waals surface area contributed by atoms with Crippen LogP contribution in [0, 0.1) is 12.7 Å². The Kier molecular flexibility index (Phi) is 5.19. The van der Waals surface area contributed by atoms with Crippen LogP contribution in [0.25, 0.3) is 0 Å². The smallest absolute Gasteiger partial charge is 0.142 e. The minimum Gasteiger partial charge on any atom is -0.313 e. The molecule has 0 aliphatic heterocycles. The molecule has 0 amide bonds. The van der Waals surface area contributed by atoms with Crippen molar-refractivity contribution >= 4 is 27.5 Å². The Bertz CT molecular complexity index is 615. The average molecular weight is 357 g/mol. The second-order valence-corrected chi connectivity index (χ2v) is 5.91. The highest BCUT2D eigenvalue weighted by atomic mass is 79.9. The molecule has 2 aromatic carbocycles. The van der Waals surface area contributed by atoms with Gasteiger partial charge in [-0.25, -0.2) is 4.39 Å². The van der Waals surface area contributed by atoms with Gasteiger partial charge in [0.25, 0.3) is 0 Å². The van der Waals surface area contributed by atoms with Gasteiger partial charge < -0.3 is 5.32 Å². The molecule has 0 saturated heterocycles. The molecule has 0 spiro atoms. The van der Waals surface area contributed by atoms with Crippen LogP contribution in [0.5, 0.6) is 0 Å². The van der Waals surface area contributed by atoms with Crippen molar-refractivity contribution < 1.29 is 4.39 Å². The number of aryl methyl sites for hydroxylation is 1. The maximum atomic E-state index is 13.5. The number of hydrogen-bond donors (Lipinski definition) is 1. The summed E-state index contributed by atoms with van der Waals surface area (Å²) in [6.45, 7) is 2.05. The fourth-order valence-corrected chi connectivity index (χ4v) is 2.98. The van der Waals surface area contributed by atoms with Gasteiger partial charge in [0.15, 0.2) is 0 Å². The molecular weight excluding hydrogens is 341 g/mol. The normalized spacial score (nSPS) is 12.4. The lowest BCUT2D eigenvalue weighted by molar-refractivity contribution is 0.582. The number of halogens is 3. The van der Waals surface area contributed by atoms with Gasteiger partial charge in [0, 0.05) is 10.5 Å². The number of rotatable bonds is 4. The van der Waals surface area contributed by atoms with Crippen LogP contribution in [0.4, 0.5) is 4.39 Å². The maximum Gasteiger partial charge on any atom is 0.142 e. The summed E-state index contributed by atoms with van der Waals surface area (Å²) in [7, 11) is 1.90. The third kappa shape index (κ3) is 3.22. The number of hydrogen-bond acceptors (Lipinski definition) is 1. The Balaban J connectivity index is 2.34. The van der Waals surface area contributed by atoms with Crippen LogP contribution in [0.1, 0.15) is 22.7 Å². The lowest BCUT2D eigenvalue weighted by atomic mass is 9.97. The minimum absolute atomic E-state index is 0.0728. The van der Waals surface area contributed by atoms with Crippen LogP contribution in [0.3, 0.4) is 0 Å². The van der Waals surface area contributed by atoms with E-state index in [1.807, 2.05) is 19.2 Å². The van der Waals surface area contributed by atoms with Crippen LogP contribution in [-0.2, 0) is 6.42 Å². The molecule has 106 valence electrons. The van der Waals surface area contributed by atoms with Crippen molar-refractivity contribution in [2.75, 3.05) is 7.05 Å². The summed E-state index contributed by atoms with van der Waals surface area (Å²) >= 11 is 9.66. The zero-order valence-corrected chi connectivity index (χ0v) is 13.7. The molecule has 1 N–H and O–H groups in total. The molecular formula is C16H16BrClFN. The lowest BCUT2D eigenvalue weighted by Crippen LogP contribution is -2.19. The summed E-state index contributed by atoms with van der Waals surface area (Å²) in [5, 5.41) is 3.48. The first-order valence-electron chi connectivity index (χ1n) is 6.39. The zero-order valence-electron chi connectivity index (χ0n) is 11.4. The van der Waals surface area contributed by atoms with Gasteiger partial charge in [-0.2, -0.15) is 0 Å². The molecule has 1 atom stereocenters. The molecule has 2 aromatic rings. The topological polar surface area (TPSA) is 12.0 Å². The van der Waals surface area contributed by atoms with Crippen molar-refractivity contribution in [3.05, 3.63) is 68.4 Å². The fraction of sp³-hybridized carbons (Fsp3) is 0.250. The van der Waals surface area contributed by atoms with E-state index in [-0.39, 0.29) is 16.9 Å². The standard InChI is InChI=1S/C16H16BrClFN/c1-10-5-3-7-12(15(10)17)14(20-2)9-11-6-4-8-13(19)16(11)18/h3-8,14,20H,9H2,1-2H3. The first-order valence-corrected chi connectivity index (χ1v) is 7.57. The molecule has 2 rings (SSSR count). The minimum atomic E-state index is -0.373. The highest BCUT2D eigenvalue weighted by molar-refractivity contribution is 9.10. The van der Waals surface area contributed by atoms with Gasteiger partial charge in [0.1, 0.15) is 5.82 Å². The van der Waals surface area contributed by atoms with E-state index in [9.17, 15) is 4.39 Å². The van der Waals surface area contributed by atoms with Crippen molar-refractivity contribution in [2.24, 2.45) is 0 Å². The van der Waals surface area contributed by atoms with Gasteiger partial charge in [0.2, 0.25) is 0 Å². The zero-order chi connectivity index (χ0) is 14.7. The molecule has 0 aliphatic carbocycles. The van der Waals surface area contributed by atoms with Crippen LogP contribution in [-0.4, -0.2) is 7.05 Å². The fourth-order valence-electron chi connectivity index (χ4n) is 2.23. The first kappa shape index (κ1) is 15.5. The van der Waals surface area contributed by atoms with Gasteiger partial charge in [-0.15, -0.1) is 0 Å². The average Bonchev–Trinajstić information content (AvgIpc) is 2.44. The van der Waals surface area contributed by atoms with Crippen molar-refractivity contribution in [1.29, 1.82) is 0 Å². The molecule has 0 saturated carbocycles. The highest BCUT2D eigenvalue weighted by Crippen LogP contribution is 2.30. The number of benzene rings is 2. The van der Waals surface area contributed by atoms with E-state index in [2.05, 4.69) is 40.3 Å². The van der Waals surface area contributed by atoms with Crippen LogP contribution >= 0.6 is 27.5 Å². The third-order valence-electron chi connectivity index (χ3n) is 3.40. The molecule has 1 unspecified atom stereocenters. The highest BCUT2D eigenvalue weighted by Gasteiger charge is 2.16. The molecule has 0 bridgehead atoms. The molecule has 20 heavy (non-hydrogen) atoms. The number of nitrogens with one attached hydrogen (secondary N) is 1. The van der Waals surface area contributed by atoms with Crippen molar-refractivity contribution in [2.45, 2.75) is 19.4 Å². The predicted octanol–water partition coefficient (Wildman–Crippen LogP) is 5.05. The van der Waals surface area contributed by atoms with Gasteiger partial charge >= 0.3 is 0 Å². The van der Waals surface area contributed by atoms with E-state index in [1.54, 1.807) is 6.07 Å². The lowest BCUT2D eigenvalue weighted by Gasteiger charge is -2.20. The van der Waals surface area contributed by atoms with E-state index >= 15 is 0 Å². The second-order valence-electron chi connectivity index (χ2n) is 4.74. The Hall–Kier alpha value is -0.900. The largest absolute Gasteiger partial charge is 0.313 e. The van der Waals surface area contributed by atoms with E-state index < -0.39 is 0 Å². The molecule has 0 heterocycles. The van der Waals surface area contributed by atoms with Crippen LogP contribution < -0.4 is 5.32 Å². The van der Waals surface area contributed by atoms with E-state index in [0.717, 1.165) is 15.6 Å². The number of likely N-dealkylation sites (N-methyl/N-ethyl adjacent to an activating group) is 1. The Morgan fingerprint density at radius 3 is 2.65 bits per heavy atom. The Morgan fingerprint density at radius 2 is 1.95 bits per heavy atom. The van der Waals surface area contributed by atoms with Gasteiger partial charge in [-0.05, 0) is 43.1 Å². The van der Waals surface area contributed by atoms with Gasteiger partial charge in [0.05, 0.1) is 5.02 Å². The monoisotopic (exact) mass is 355 g/mol. The van der Waals surface area contributed by atoms with Crippen molar-refractivity contribution in [3.63, 3.8) is 0 Å². The van der Waals surface area contributed by atoms with Crippen LogP contribution in [0.15, 0.2) is 40.9 Å².